The van der Waals surface area contributed by atoms with E-state index in [0.29, 0.717) is 5.92 Å². The van der Waals surface area contributed by atoms with Gasteiger partial charge in [-0.15, -0.1) is 11.3 Å². The van der Waals surface area contributed by atoms with E-state index < -0.39 is 0 Å². The first-order valence-electron chi connectivity index (χ1n) is 12.3. The summed E-state index contributed by atoms with van der Waals surface area (Å²) in [6.07, 6.45) is 11.3. The smallest absolute Gasteiger partial charge is 0.228 e. The average Bonchev–Trinajstić information content (AvgIpc) is 3.16. The Bertz CT molecular complexity index is 962. The minimum atomic E-state index is -0.315. The minimum absolute atomic E-state index is 0.260. The zero-order valence-corrected chi connectivity index (χ0v) is 20.2. The molecule has 6 heteroatoms. The van der Waals surface area contributed by atoms with Crippen LogP contribution in [-0.2, 0) is 17.6 Å². The average molecular weight is 441 g/mol. The van der Waals surface area contributed by atoms with Crippen molar-refractivity contribution < 1.29 is 4.79 Å². The number of aromatic nitrogens is 2. The fourth-order valence-corrected chi connectivity index (χ4v) is 6.78. The zero-order valence-electron chi connectivity index (χ0n) is 19.4. The van der Waals surface area contributed by atoms with Crippen LogP contribution in [-0.4, -0.2) is 47.0 Å². The van der Waals surface area contributed by atoms with E-state index in [9.17, 15) is 4.79 Å². The lowest BCUT2D eigenvalue weighted by molar-refractivity contribution is -0.139. The standard InChI is InChI=1S/C25H36N4OS/c1-25(2,3)24(30)29-15-13-28(14-16-29)22-20-18-11-7-8-12-19(18)31-23(20)27-21(26-22)17-9-5-4-6-10-17/h17H,4-16H2,1-3H3. The van der Waals surface area contributed by atoms with Gasteiger partial charge in [0.15, 0.2) is 0 Å². The molecule has 0 spiro atoms. The summed E-state index contributed by atoms with van der Waals surface area (Å²) in [6, 6.07) is 0. The van der Waals surface area contributed by atoms with Crippen LogP contribution in [0, 0.1) is 5.41 Å². The largest absolute Gasteiger partial charge is 0.352 e. The van der Waals surface area contributed by atoms with Crippen molar-refractivity contribution in [2.75, 3.05) is 31.1 Å². The van der Waals surface area contributed by atoms with Gasteiger partial charge >= 0.3 is 0 Å². The lowest BCUT2D eigenvalue weighted by atomic mass is 9.88. The Labute approximate surface area is 190 Å². The molecule has 168 valence electrons. The molecule has 0 atom stereocenters. The van der Waals surface area contributed by atoms with E-state index in [2.05, 4.69) is 4.90 Å². The Morgan fingerprint density at radius 2 is 1.65 bits per heavy atom. The highest BCUT2D eigenvalue weighted by atomic mass is 32.1. The predicted octanol–water partition coefficient (Wildman–Crippen LogP) is 5.31. The molecule has 2 aliphatic carbocycles. The van der Waals surface area contributed by atoms with Crippen LogP contribution in [0.1, 0.15) is 87.9 Å². The van der Waals surface area contributed by atoms with Crippen LogP contribution in [0.2, 0.25) is 0 Å². The van der Waals surface area contributed by atoms with Crippen molar-refractivity contribution >= 4 is 33.3 Å². The monoisotopic (exact) mass is 440 g/mol. The third kappa shape index (κ3) is 4.08. The topological polar surface area (TPSA) is 49.3 Å². The maximum atomic E-state index is 12.8. The molecule has 2 fully saturated rings. The highest BCUT2D eigenvalue weighted by Crippen LogP contribution is 2.42. The Balaban J connectivity index is 1.49. The van der Waals surface area contributed by atoms with Crippen LogP contribution >= 0.6 is 11.3 Å². The number of hydrogen-bond donors (Lipinski definition) is 0. The van der Waals surface area contributed by atoms with Gasteiger partial charge in [-0.05, 0) is 44.1 Å². The second-order valence-electron chi connectivity index (χ2n) is 10.7. The second kappa shape index (κ2) is 8.34. The van der Waals surface area contributed by atoms with Crippen LogP contribution in [0.5, 0.6) is 0 Å². The summed E-state index contributed by atoms with van der Waals surface area (Å²) in [6.45, 7) is 9.35. The van der Waals surface area contributed by atoms with Gasteiger partial charge in [0.25, 0.3) is 0 Å². The Morgan fingerprint density at radius 3 is 2.35 bits per heavy atom. The van der Waals surface area contributed by atoms with Gasteiger partial charge in [0.1, 0.15) is 16.5 Å². The van der Waals surface area contributed by atoms with Gasteiger partial charge in [0.2, 0.25) is 5.91 Å². The van der Waals surface area contributed by atoms with Crippen molar-refractivity contribution in [1.29, 1.82) is 0 Å². The van der Waals surface area contributed by atoms with Crippen molar-refractivity contribution in [1.82, 2.24) is 14.9 Å². The third-order valence-electron chi connectivity index (χ3n) is 7.29. The molecule has 1 saturated carbocycles. The quantitative estimate of drug-likeness (QED) is 0.635. The lowest BCUT2D eigenvalue weighted by Crippen LogP contribution is -2.52. The predicted molar refractivity (Wildman–Crippen MR) is 128 cm³/mol. The lowest BCUT2D eigenvalue weighted by Gasteiger charge is -2.38. The van der Waals surface area contributed by atoms with Crippen LogP contribution in [0.15, 0.2) is 0 Å². The molecule has 0 bridgehead atoms. The summed E-state index contributed by atoms with van der Waals surface area (Å²) in [5.74, 6) is 3.01. The minimum Gasteiger partial charge on any atom is -0.352 e. The Kier molecular flexibility index (Phi) is 5.70. The molecular formula is C25H36N4OS. The summed E-state index contributed by atoms with van der Waals surface area (Å²) in [5, 5.41) is 1.33. The van der Waals surface area contributed by atoms with E-state index in [1.165, 1.54) is 67.1 Å². The highest BCUT2D eigenvalue weighted by Gasteiger charge is 2.32. The Hall–Kier alpha value is -1.69. The summed E-state index contributed by atoms with van der Waals surface area (Å²) >= 11 is 1.92. The summed E-state index contributed by atoms with van der Waals surface area (Å²) < 4.78 is 0. The Morgan fingerprint density at radius 1 is 0.935 bits per heavy atom. The van der Waals surface area contributed by atoms with Crippen LogP contribution in [0.4, 0.5) is 5.82 Å². The van der Waals surface area contributed by atoms with Gasteiger partial charge in [-0.3, -0.25) is 4.79 Å². The molecule has 31 heavy (non-hydrogen) atoms. The molecule has 3 heterocycles. The van der Waals surface area contributed by atoms with E-state index in [0.717, 1.165) is 44.2 Å². The molecule has 5 rings (SSSR count). The number of fused-ring (bicyclic) bond motifs is 3. The molecule has 2 aromatic heterocycles. The summed E-state index contributed by atoms with van der Waals surface area (Å²) in [7, 11) is 0. The SMILES string of the molecule is CC(C)(C)C(=O)N1CCN(c2nc(C3CCCCC3)nc3sc4c(c23)CCCC4)CC1. The van der Waals surface area contributed by atoms with E-state index in [4.69, 9.17) is 9.97 Å². The fourth-order valence-electron chi connectivity index (χ4n) is 5.52. The number of piperazine rings is 1. The number of rotatable bonds is 2. The number of carbonyl (C=O) groups is 1. The van der Waals surface area contributed by atoms with Gasteiger partial charge in [-0.2, -0.15) is 0 Å². The molecule has 1 amide bonds. The maximum absolute atomic E-state index is 12.8. The first-order valence-corrected chi connectivity index (χ1v) is 13.1. The van der Waals surface area contributed by atoms with E-state index in [-0.39, 0.29) is 11.3 Å². The number of hydrogen-bond acceptors (Lipinski definition) is 5. The van der Waals surface area contributed by atoms with Crippen molar-refractivity contribution in [3.8, 4) is 0 Å². The van der Waals surface area contributed by atoms with Gasteiger partial charge in [-0.1, -0.05) is 40.0 Å². The molecule has 0 N–H and O–H groups in total. The molecule has 0 aromatic carbocycles. The number of thiophene rings is 1. The first kappa shape index (κ1) is 21.2. The van der Waals surface area contributed by atoms with Crippen molar-refractivity contribution in [2.24, 2.45) is 5.41 Å². The van der Waals surface area contributed by atoms with Gasteiger partial charge in [-0.25, -0.2) is 9.97 Å². The van der Waals surface area contributed by atoms with Gasteiger partial charge < -0.3 is 9.80 Å². The molecule has 5 nitrogen and oxygen atoms in total. The molecule has 0 radical (unpaired) electrons. The maximum Gasteiger partial charge on any atom is 0.228 e. The second-order valence-corrected chi connectivity index (χ2v) is 11.7. The van der Waals surface area contributed by atoms with E-state index >= 15 is 0 Å². The number of nitrogens with zero attached hydrogens (tertiary/aromatic N) is 4. The van der Waals surface area contributed by atoms with Crippen molar-refractivity contribution in [3.05, 3.63) is 16.3 Å². The molecule has 0 unspecified atom stereocenters. The highest BCUT2D eigenvalue weighted by molar-refractivity contribution is 7.19. The molecule has 1 aliphatic heterocycles. The number of carbonyl (C=O) groups excluding carboxylic acids is 1. The molecular weight excluding hydrogens is 404 g/mol. The first-order chi connectivity index (χ1) is 14.9. The number of aryl methyl sites for hydroxylation is 2. The van der Waals surface area contributed by atoms with Gasteiger partial charge in [0.05, 0.1) is 5.39 Å². The fraction of sp³-hybridized carbons (Fsp3) is 0.720. The summed E-state index contributed by atoms with van der Waals surface area (Å²) in [4.78, 5) is 30.4. The third-order valence-corrected chi connectivity index (χ3v) is 8.48. The normalized spacial score (nSPS) is 20.9. The molecule has 3 aliphatic rings. The van der Waals surface area contributed by atoms with E-state index in [1.807, 2.05) is 37.0 Å². The number of anilines is 1. The van der Waals surface area contributed by atoms with Crippen molar-refractivity contribution in [3.63, 3.8) is 0 Å². The molecule has 1 saturated heterocycles. The summed E-state index contributed by atoms with van der Waals surface area (Å²) in [5.41, 5.74) is 1.20. The molecule has 2 aromatic rings. The van der Waals surface area contributed by atoms with Crippen molar-refractivity contribution in [2.45, 2.75) is 84.5 Å². The van der Waals surface area contributed by atoms with Crippen LogP contribution in [0.25, 0.3) is 10.2 Å². The van der Waals surface area contributed by atoms with Crippen LogP contribution in [0.3, 0.4) is 0 Å². The van der Waals surface area contributed by atoms with Gasteiger partial charge in [0, 0.05) is 42.4 Å². The zero-order chi connectivity index (χ0) is 21.6. The van der Waals surface area contributed by atoms with Crippen LogP contribution < -0.4 is 4.90 Å². The number of amides is 1. The van der Waals surface area contributed by atoms with E-state index in [1.54, 1.807) is 4.88 Å².